The molecular weight excluding hydrogens is 568 g/mol. The third-order valence-electron chi connectivity index (χ3n) is 5.96. The zero-order chi connectivity index (χ0) is 28.4. The number of amides is 1. The van der Waals surface area contributed by atoms with Crippen molar-refractivity contribution >= 4 is 32.9 Å². The van der Waals surface area contributed by atoms with Gasteiger partial charge in [0.25, 0.3) is 5.56 Å². The number of nitrogens with zero attached hydrogens (tertiary/aromatic N) is 4. The molecule has 39 heavy (non-hydrogen) atoms. The van der Waals surface area contributed by atoms with Crippen LogP contribution in [0.5, 0.6) is 0 Å². The molecule has 0 aliphatic heterocycles. The highest BCUT2D eigenvalue weighted by molar-refractivity contribution is 9.09. The van der Waals surface area contributed by atoms with Crippen LogP contribution in [0.3, 0.4) is 0 Å². The molecule has 208 valence electrons. The zero-order valence-electron chi connectivity index (χ0n) is 22.0. The normalized spacial score (nSPS) is 10.7. The molecule has 0 fully saturated rings. The molecule has 4 aromatic rings. The molecule has 11 heteroatoms. The number of aryl methyl sites for hydroxylation is 1. The molecule has 2 N–H and O–H groups in total. The maximum absolute atomic E-state index is 13.2. The Morgan fingerprint density at radius 3 is 2.10 bits per heavy atom. The van der Waals surface area contributed by atoms with Gasteiger partial charge in [0.05, 0.1) is 22.8 Å². The van der Waals surface area contributed by atoms with Gasteiger partial charge < -0.3 is 14.9 Å². The summed E-state index contributed by atoms with van der Waals surface area (Å²) in [6, 6.07) is 18.5. The number of aliphatic hydroxyl groups excluding tert-OH is 2. The molecule has 0 spiro atoms. The second-order valence-electron chi connectivity index (χ2n) is 8.66. The number of halogens is 1. The van der Waals surface area contributed by atoms with Crippen molar-refractivity contribution in [1.82, 2.24) is 13.8 Å². The fourth-order valence-corrected chi connectivity index (χ4v) is 4.20. The Hall–Kier alpha value is -3.67. The second kappa shape index (κ2) is 14.5. The topological polar surface area (TPSA) is 119 Å². The van der Waals surface area contributed by atoms with E-state index in [1.54, 1.807) is 17.9 Å². The van der Waals surface area contributed by atoms with Crippen LogP contribution in [0.2, 0.25) is 0 Å². The molecule has 0 unspecified atom stereocenters. The van der Waals surface area contributed by atoms with Gasteiger partial charge in [-0.3, -0.25) is 18.6 Å². The summed E-state index contributed by atoms with van der Waals surface area (Å²) in [6.07, 6.45) is 2.10. The number of aliphatic hydroxyl groups is 2. The number of ether oxygens (including phenoxy) is 1. The van der Waals surface area contributed by atoms with Gasteiger partial charge in [-0.25, -0.2) is 14.6 Å². The smallest absolute Gasteiger partial charge is 0.429 e. The van der Waals surface area contributed by atoms with Crippen molar-refractivity contribution in [3.63, 3.8) is 0 Å². The summed E-state index contributed by atoms with van der Waals surface area (Å²) >= 11 is 3.15. The minimum Gasteiger partial charge on any atom is -0.443 e. The van der Waals surface area contributed by atoms with Crippen LogP contribution in [-0.2, 0) is 25.4 Å². The predicted octanol–water partition coefficient (Wildman–Crippen LogP) is 3.13. The Morgan fingerprint density at radius 1 is 0.923 bits per heavy atom. The summed E-state index contributed by atoms with van der Waals surface area (Å²) in [5, 5.41) is 20.0. The molecule has 0 bridgehead atoms. The Bertz CT molecular complexity index is 1480. The van der Waals surface area contributed by atoms with Crippen molar-refractivity contribution in [2.75, 3.05) is 30.1 Å². The molecule has 0 saturated carbocycles. The summed E-state index contributed by atoms with van der Waals surface area (Å²) in [4.78, 5) is 39.0. The van der Waals surface area contributed by atoms with E-state index in [1.807, 2.05) is 60.7 Å². The number of benzene rings is 2. The number of fused-ring (bicyclic) bond motifs is 1. The van der Waals surface area contributed by atoms with Crippen molar-refractivity contribution in [1.29, 1.82) is 0 Å². The highest BCUT2D eigenvalue weighted by Crippen LogP contribution is 2.28. The summed E-state index contributed by atoms with van der Waals surface area (Å²) < 4.78 is 9.54. The lowest BCUT2D eigenvalue weighted by molar-refractivity contribution is 0.139. The van der Waals surface area contributed by atoms with Crippen molar-refractivity contribution in [3.05, 3.63) is 93.3 Å². The summed E-state index contributed by atoms with van der Waals surface area (Å²) in [5.74, 6) is 0. The lowest BCUT2D eigenvalue weighted by Gasteiger charge is -2.25. The molecule has 1 amide bonds. The minimum absolute atomic E-state index is 0.0665. The van der Waals surface area contributed by atoms with Gasteiger partial charge in [0.2, 0.25) is 0 Å². The molecule has 0 aliphatic rings. The van der Waals surface area contributed by atoms with Crippen LogP contribution in [0, 0.1) is 0 Å². The lowest BCUT2D eigenvalue weighted by atomic mass is 10.1. The van der Waals surface area contributed by atoms with Gasteiger partial charge in [-0.2, -0.15) is 0 Å². The molecule has 0 saturated heterocycles. The van der Waals surface area contributed by atoms with Gasteiger partial charge in [-0.15, -0.1) is 0 Å². The monoisotopic (exact) mass is 600 g/mol. The Labute approximate surface area is 234 Å². The molecule has 2 heterocycles. The van der Waals surface area contributed by atoms with Crippen LogP contribution in [0.25, 0.3) is 22.2 Å². The second-order valence-corrected chi connectivity index (χ2v) is 9.45. The van der Waals surface area contributed by atoms with Gasteiger partial charge in [-0.05, 0) is 18.4 Å². The highest BCUT2D eigenvalue weighted by atomic mass is 79.9. The first-order valence-electron chi connectivity index (χ1n) is 12.5. The fourth-order valence-electron chi connectivity index (χ4n) is 3.95. The van der Waals surface area contributed by atoms with Crippen LogP contribution in [0.15, 0.2) is 76.4 Å². The van der Waals surface area contributed by atoms with Gasteiger partial charge in [-0.1, -0.05) is 76.6 Å². The maximum Gasteiger partial charge on any atom is 0.429 e. The quantitative estimate of drug-likeness (QED) is 0.285. The standard InChI is InChI=1S/C25H26N4O5.C3H7BrO/c1-26-20-16-29(28(14-9-15-30)25(33)34-17-18-10-5-3-6-11-18)22(19-12-7-4-8-13-19)21(20)23(31)27(2)24(26)32;4-2-1-3-5/h3-8,10-13,16,30H,9,14-15,17H2,1-2H3;5H,1-3H2. The molecule has 0 atom stereocenters. The third kappa shape index (κ3) is 7.05. The first-order valence-corrected chi connectivity index (χ1v) is 13.6. The van der Waals surface area contributed by atoms with E-state index >= 15 is 0 Å². The SMILES string of the molecule is Cn1c(=O)c2c(-c3ccccc3)n(N(CCCO)C(=O)OCc3ccccc3)cc2n(C)c1=O.OCCCBr. The summed E-state index contributed by atoms with van der Waals surface area (Å²) in [5.41, 5.74) is 1.43. The number of alkyl halides is 1. The molecule has 2 aromatic heterocycles. The molecule has 0 aliphatic carbocycles. The van der Waals surface area contributed by atoms with E-state index in [1.165, 1.54) is 16.6 Å². The largest absolute Gasteiger partial charge is 0.443 e. The van der Waals surface area contributed by atoms with Crippen molar-refractivity contribution in [3.8, 4) is 11.3 Å². The summed E-state index contributed by atoms with van der Waals surface area (Å²) in [7, 11) is 3.00. The van der Waals surface area contributed by atoms with E-state index in [-0.39, 0.29) is 19.8 Å². The third-order valence-corrected chi connectivity index (χ3v) is 6.52. The van der Waals surface area contributed by atoms with E-state index < -0.39 is 17.3 Å². The number of rotatable bonds is 9. The Balaban J connectivity index is 0.000000771. The van der Waals surface area contributed by atoms with Crippen LogP contribution >= 0.6 is 15.9 Å². The van der Waals surface area contributed by atoms with E-state index in [0.29, 0.717) is 35.2 Å². The average molecular weight is 601 g/mol. The van der Waals surface area contributed by atoms with E-state index in [2.05, 4.69) is 15.9 Å². The Morgan fingerprint density at radius 2 is 1.54 bits per heavy atom. The molecule has 4 rings (SSSR count). The lowest BCUT2D eigenvalue weighted by Crippen LogP contribution is -2.42. The van der Waals surface area contributed by atoms with Crippen molar-refractivity contribution < 1.29 is 19.7 Å². The maximum atomic E-state index is 13.2. The van der Waals surface area contributed by atoms with Gasteiger partial charge >= 0.3 is 11.8 Å². The fraction of sp³-hybridized carbons (Fsp3) is 0.321. The van der Waals surface area contributed by atoms with E-state index in [4.69, 9.17) is 9.84 Å². The number of hydrogen-bond acceptors (Lipinski definition) is 6. The molecule has 0 radical (unpaired) electrons. The molecule has 2 aromatic carbocycles. The van der Waals surface area contributed by atoms with Gasteiger partial charge in [0.15, 0.2) is 0 Å². The van der Waals surface area contributed by atoms with Crippen LogP contribution in [0.4, 0.5) is 4.79 Å². The average Bonchev–Trinajstić information content (AvgIpc) is 3.36. The molecular formula is C28H33BrN4O6. The highest BCUT2D eigenvalue weighted by Gasteiger charge is 2.26. The molecule has 10 nitrogen and oxygen atoms in total. The summed E-state index contributed by atoms with van der Waals surface area (Å²) in [6.45, 7) is 0.367. The zero-order valence-corrected chi connectivity index (χ0v) is 23.6. The number of carbonyl (C=O) groups is 1. The van der Waals surface area contributed by atoms with E-state index in [9.17, 15) is 19.5 Å². The van der Waals surface area contributed by atoms with Crippen LogP contribution < -0.4 is 16.3 Å². The number of carbonyl (C=O) groups excluding carboxylic acids is 1. The number of aromatic nitrogens is 3. The minimum atomic E-state index is -0.642. The first kappa shape index (κ1) is 29.9. The number of hydrogen-bond donors (Lipinski definition) is 2. The van der Waals surface area contributed by atoms with Crippen LogP contribution in [0.1, 0.15) is 18.4 Å². The van der Waals surface area contributed by atoms with Gasteiger partial charge in [0, 0.05) is 44.7 Å². The Kier molecular flexibility index (Phi) is 11.1. The predicted molar refractivity (Wildman–Crippen MR) is 155 cm³/mol. The first-order chi connectivity index (χ1) is 18.8. The van der Waals surface area contributed by atoms with Gasteiger partial charge in [0.1, 0.15) is 6.61 Å². The van der Waals surface area contributed by atoms with Crippen molar-refractivity contribution in [2.24, 2.45) is 14.1 Å². The van der Waals surface area contributed by atoms with Crippen molar-refractivity contribution in [2.45, 2.75) is 19.4 Å². The van der Waals surface area contributed by atoms with Crippen LogP contribution in [-0.4, -0.2) is 55.2 Å². The van der Waals surface area contributed by atoms with E-state index in [0.717, 1.165) is 21.9 Å².